The van der Waals surface area contributed by atoms with Gasteiger partial charge in [0.1, 0.15) is 6.29 Å². The largest absolute Gasteiger partial charge is 0.298 e. The SMILES string of the molecule is CC(C=O)=Cc1ccc(CC(C)(C)C)cc1C. The molecule has 0 spiro atoms. The molecule has 0 unspecified atom stereocenters. The number of carbonyl (C=O) groups is 1. The smallest absolute Gasteiger partial charge is 0.145 e. The zero-order valence-corrected chi connectivity index (χ0v) is 11.5. The molecule has 1 nitrogen and oxygen atoms in total. The van der Waals surface area contributed by atoms with E-state index >= 15 is 0 Å². The number of hydrogen-bond acceptors (Lipinski definition) is 1. The topological polar surface area (TPSA) is 17.1 Å². The molecule has 0 amide bonds. The van der Waals surface area contributed by atoms with Crippen LogP contribution in [-0.2, 0) is 11.2 Å². The van der Waals surface area contributed by atoms with Gasteiger partial charge in [-0.3, -0.25) is 4.79 Å². The van der Waals surface area contributed by atoms with Gasteiger partial charge < -0.3 is 0 Å². The van der Waals surface area contributed by atoms with Crippen molar-refractivity contribution in [3.8, 4) is 0 Å². The van der Waals surface area contributed by atoms with E-state index in [1.807, 2.05) is 13.0 Å². The molecule has 0 bridgehead atoms. The lowest BCUT2D eigenvalue weighted by Gasteiger charge is -2.18. The summed E-state index contributed by atoms with van der Waals surface area (Å²) in [5, 5.41) is 0. The third-order valence-electron chi connectivity index (χ3n) is 2.64. The highest BCUT2D eigenvalue weighted by molar-refractivity contribution is 5.81. The lowest BCUT2D eigenvalue weighted by molar-refractivity contribution is -0.104. The van der Waals surface area contributed by atoms with E-state index in [-0.39, 0.29) is 0 Å². The molecule has 0 atom stereocenters. The van der Waals surface area contributed by atoms with Gasteiger partial charge >= 0.3 is 0 Å². The number of aldehydes is 1. The summed E-state index contributed by atoms with van der Waals surface area (Å²) in [4.78, 5) is 10.6. The molecule has 0 N–H and O–H groups in total. The van der Waals surface area contributed by atoms with Crippen molar-refractivity contribution in [3.63, 3.8) is 0 Å². The first-order chi connectivity index (χ1) is 7.81. The van der Waals surface area contributed by atoms with Crippen LogP contribution in [0, 0.1) is 12.3 Å². The van der Waals surface area contributed by atoms with Crippen LogP contribution >= 0.6 is 0 Å². The molecule has 1 aromatic carbocycles. The molecule has 0 aliphatic carbocycles. The number of allylic oxidation sites excluding steroid dienone is 1. The Morgan fingerprint density at radius 2 is 1.94 bits per heavy atom. The molecule has 0 aliphatic heterocycles. The molecule has 92 valence electrons. The van der Waals surface area contributed by atoms with Crippen molar-refractivity contribution in [2.45, 2.75) is 41.0 Å². The monoisotopic (exact) mass is 230 g/mol. The second-order valence-electron chi connectivity index (χ2n) is 5.93. The Morgan fingerprint density at radius 1 is 1.29 bits per heavy atom. The molecule has 0 radical (unpaired) electrons. The second-order valence-corrected chi connectivity index (χ2v) is 5.93. The molecule has 0 heterocycles. The Kier molecular flexibility index (Phi) is 4.28. The highest BCUT2D eigenvalue weighted by Crippen LogP contribution is 2.22. The Morgan fingerprint density at radius 3 is 2.41 bits per heavy atom. The Balaban J connectivity index is 2.98. The predicted octanol–water partition coefficient (Wildman–Crippen LogP) is 4.19. The minimum atomic E-state index is 0.308. The number of benzene rings is 1. The highest BCUT2D eigenvalue weighted by atomic mass is 16.1. The fourth-order valence-corrected chi connectivity index (χ4v) is 1.90. The Bertz CT molecular complexity index is 433. The van der Waals surface area contributed by atoms with Crippen molar-refractivity contribution in [1.82, 2.24) is 0 Å². The number of hydrogen-bond donors (Lipinski definition) is 0. The summed E-state index contributed by atoms with van der Waals surface area (Å²) in [6.07, 6.45) is 3.90. The zero-order valence-electron chi connectivity index (χ0n) is 11.5. The first kappa shape index (κ1) is 13.7. The van der Waals surface area contributed by atoms with Gasteiger partial charge in [-0.05, 0) is 54.0 Å². The minimum absolute atomic E-state index is 0.308. The van der Waals surface area contributed by atoms with Gasteiger partial charge in [-0.15, -0.1) is 0 Å². The van der Waals surface area contributed by atoms with Crippen molar-refractivity contribution < 1.29 is 4.79 Å². The first-order valence-electron chi connectivity index (χ1n) is 6.05. The molecule has 1 heteroatoms. The van der Waals surface area contributed by atoms with Gasteiger partial charge in [0.2, 0.25) is 0 Å². The van der Waals surface area contributed by atoms with Crippen molar-refractivity contribution in [3.05, 3.63) is 40.5 Å². The molecule has 17 heavy (non-hydrogen) atoms. The molecular weight excluding hydrogens is 208 g/mol. The van der Waals surface area contributed by atoms with E-state index in [2.05, 4.69) is 45.9 Å². The van der Waals surface area contributed by atoms with E-state index in [4.69, 9.17) is 0 Å². The fourth-order valence-electron chi connectivity index (χ4n) is 1.90. The van der Waals surface area contributed by atoms with Crippen LogP contribution in [0.1, 0.15) is 44.4 Å². The number of carbonyl (C=O) groups excluding carboxylic acids is 1. The average molecular weight is 230 g/mol. The van der Waals surface area contributed by atoms with Gasteiger partial charge in [-0.2, -0.15) is 0 Å². The molecule has 1 aromatic rings. The van der Waals surface area contributed by atoms with Crippen LogP contribution in [0.25, 0.3) is 6.08 Å². The Hall–Kier alpha value is -1.37. The quantitative estimate of drug-likeness (QED) is 0.562. The van der Waals surface area contributed by atoms with E-state index in [0.717, 1.165) is 23.8 Å². The van der Waals surface area contributed by atoms with E-state index in [1.54, 1.807) is 0 Å². The summed E-state index contributed by atoms with van der Waals surface area (Å²) < 4.78 is 0. The summed E-state index contributed by atoms with van der Waals surface area (Å²) in [7, 11) is 0. The third kappa shape index (κ3) is 4.56. The van der Waals surface area contributed by atoms with Gasteiger partial charge in [0.25, 0.3) is 0 Å². The molecule has 0 aromatic heterocycles. The maximum atomic E-state index is 10.6. The normalized spacial score (nSPS) is 12.6. The Labute approximate surface area is 105 Å². The summed E-state index contributed by atoms with van der Waals surface area (Å²) in [6.45, 7) is 10.7. The lowest BCUT2D eigenvalue weighted by Crippen LogP contribution is -2.09. The summed E-state index contributed by atoms with van der Waals surface area (Å²) in [6, 6.07) is 6.47. The van der Waals surface area contributed by atoms with Gasteiger partial charge in [0, 0.05) is 0 Å². The van der Waals surface area contributed by atoms with Crippen LogP contribution < -0.4 is 0 Å². The molecule has 0 saturated heterocycles. The van der Waals surface area contributed by atoms with E-state index in [0.29, 0.717) is 5.41 Å². The summed E-state index contributed by atoms with van der Waals surface area (Å²) in [5.74, 6) is 0. The molecular formula is C16H22O. The van der Waals surface area contributed by atoms with Crippen LogP contribution in [0.4, 0.5) is 0 Å². The molecule has 1 rings (SSSR count). The standard InChI is InChI=1S/C16H22O/c1-12(11-17)8-15-7-6-14(9-13(15)2)10-16(3,4)5/h6-9,11H,10H2,1-5H3. The predicted molar refractivity (Wildman–Crippen MR) is 74.1 cm³/mol. The van der Waals surface area contributed by atoms with Crippen LogP contribution in [-0.4, -0.2) is 6.29 Å². The van der Waals surface area contributed by atoms with Crippen LogP contribution in [0.3, 0.4) is 0 Å². The average Bonchev–Trinajstić information content (AvgIpc) is 2.19. The first-order valence-corrected chi connectivity index (χ1v) is 6.05. The maximum Gasteiger partial charge on any atom is 0.145 e. The van der Waals surface area contributed by atoms with Crippen molar-refractivity contribution in [2.24, 2.45) is 5.41 Å². The highest BCUT2D eigenvalue weighted by Gasteiger charge is 2.11. The summed E-state index contributed by atoms with van der Waals surface area (Å²) in [5.41, 5.74) is 4.79. The zero-order chi connectivity index (χ0) is 13.1. The number of aryl methyl sites for hydroxylation is 1. The molecule has 0 saturated carbocycles. The van der Waals surface area contributed by atoms with Gasteiger partial charge in [-0.1, -0.05) is 39.0 Å². The fraction of sp³-hybridized carbons (Fsp3) is 0.438. The van der Waals surface area contributed by atoms with Crippen molar-refractivity contribution >= 4 is 12.4 Å². The van der Waals surface area contributed by atoms with E-state index in [1.165, 1.54) is 11.1 Å². The minimum Gasteiger partial charge on any atom is -0.298 e. The van der Waals surface area contributed by atoms with E-state index < -0.39 is 0 Å². The van der Waals surface area contributed by atoms with E-state index in [9.17, 15) is 4.79 Å². The lowest BCUT2D eigenvalue weighted by atomic mass is 9.87. The summed E-state index contributed by atoms with van der Waals surface area (Å²) >= 11 is 0. The van der Waals surface area contributed by atoms with Crippen LogP contribution in [0.2, 0.25) is 0 Å². The second kappa shape index (κ2) is 5.31. The van der Waals surface area contributed by atoms with Crippen LogP contribution in [0.5, 0.6) is 0 Å². The third-order valence-corrected chi connectivity index (χ3v) is 2.64. The van der Waals surface area contributed by atoms with Gasteiger partial charge in [0.15, 0.2) is 0 Å². The van der Waals surface area contributed by atoms with Gasteiger partial charge in [-0.25, -0.2) is 0 Å². The van der Waals surface area contributed by atoms with Crippen molar-refractivity contribution in [1.29, 1.82) is 0 Å². The maximum absolute atomic E-state index is 10.6. The van der Waals surface area contributed by atoms with Crippen molar-refractivity contribution in [2.75, 3.05) is 0 Å². The number of rotatable bonds is 3. The van der Waals surface area contributed by atoms with Gasteiger partial charge in [0.05, 0.1) is 0 Å². The van der Waals surface area contributed by atoms with Crippen LogP contribution in [0.15, 0.2) is 23.8 Å². The molecule has 0 aliphatic rings. The molecule has 0 fully saturated rings.